The maximum Gasteiger partial charge on any atom is 0.258 e. The van der Waals surface area contributed by atoms with E-state index in [0.717, 1.165) is 16.8 Å². The first-order chi connectivity index (χ1) is 16.5. The van der Waals surface area contributed by atoms with Crippen molar-refractivity contribution in [1.82, 2.24) is 24.1 Å². The molecule has 0 saturated heterocycles. The van der Waals surface area contributed by atoms with Gasteiger partial charge in [0, 0.05) is 28.7 Å². The molecule has 0 aliphatic carbocycles. The third-order valence-corrected chi connectivity index (χ3v) is 6.51. The average Bonchev–Trinajstić information content (AvgIpc) is 3.26. The van der Waals surface area contributed by atoms with Crippen molar-refractivity contribution in [1.29, 1.82) is 0 Å². The largest absolute Gasteiger partial charge is 0.496 e. The number of halogens is 1. The Hall–Kier alpha value is -3.62. The monoisotopic (exact) mass is 489 g/mol. The molecular formula is C25H20ClN5O2S. The number of aryl methyl sites for hydroxylation is 1. The molecule has 0 atom stereocenters. The Kier molecular flexibility index (Phi) is 6.08. The highest BCUT2D eigenvalue weighted by molar-refractivity contribution is 7.98. The molecule has 0 N–H and O–H groups in total. The van der Waals surface area contributed by atoms with E-state index in [9.17, 15) is 4.79 Å². The van der Waals surface area contributed by atoms with E-state index in [1.54, 1.807) is 19.4 Å². The molecule has 5 rings (SSSR count). The van der Waals surface area contributed by atoms with E-state index in [1.165, 1.54) is 16.2 Å². The molecule has 2 aromatic carbocycles. The first kappa shape index (κ1) is 22.2. The number of hydrogen-bond acceptors (Lipinski definition) is 6. The number of thioether (sulfide) groups is 1. The van der Waals surface area contributed by atoms with Gasteiger partial charge in [-0.2, -0.15) is 0 Å². The molecule has 0 unspecified atom stereocenters. The van der Waals surface area contributed by atoms with Gasteiger partial charge in [-0.15, -0.1) is 10.2 Å². The van der Waals surface area contributed by atoms with Crippen molar-refractivity contribution < 1.29 is 4.74 Å². The van der Waals surface area contributed by atoms with Gasteiger partial charge in [0.1, 0.15) is 11.4 Å². The minimum Gasteiger partial charge on any atom is -0.496 e. The maximum absolute atomic E-state index is 12.6. The predicted octanol–water partition coefficient (Wildman–Crippen LogP) is 5.20. The van der Waals surface area contributed by atoms with Crippen LogP contribution in [0.25, 0.3) is 22.7 Å². The van der Waals surface area contributed by atoms with E-state index in [2.05, 4.69) is 15.2 Å². The number of methoxy groups -OCH3 is 1. The maximum atomic E-state index is 12.6. The number of fused-ring (bicyclic) bond motifs is 1. The molecule has 0 amide bonds. The van der Waals surface area contributed by atoms with Crippen LogP contribution in [0.5, 0.6) is 5.75 Å². The molecule has 5 aromatic rings. The van der Waals surface area contributed by atoms with Gasteiger partial charge in [0.05, 0.1) is 18.4 Å². The molecule has 7 nitrogen and oxygen atoms in total. The standard InChI is InChI=1S/C25H20ClN5O2S/c1-16-11-12-30-22(13-16)27-18(14-23(30)32)15-34-25-29-28-24(20-5-3-4-6-21(20)33-2)31(25)19-9-7-17(26)8-10-19/h3-14H,15H2,1-2H3. The molecule has 0 saturated carbocycles. The summed E-state index contributed by atoms with van der Waals surface area (Å²) in [6.07, 6.45) is 1.74. The van der Waals surface area contributed by atoms with Crippen LogP contribution in [0.4, 0.5) is 0 Å². The fourth-order valence-electron chi connectivity index (χ4n) is 3.66. The van der Waals surface area contributed by atoms with Gasteiger partial charge < -0.3 is 4.74 Å². The van der Waals surface area contributed by atoms with Gasteiger partial charge in [-0.25, -0.2) is 4.98 Å². The Balaban J connectivity index is 1.56. The van der Waals surface area contributed by atoms with Gasteiger partial charge in [-0.05, 0) is 61.0 Å². The summed E-state index contributed by atoms with van der Waals surface area (Å²) >= 11 is 7.58. The summed E-state index contributed by atoms with van der Waals surface area (Å²) in [5.41, 5.74) is 3.90. The Bertz CT molecular complexity index is 1550. The summed E-state index contributed by atoms with van der Waals surface area (Å²) in [7, 11) is 1.63. The summed E-state index contributed by atoms with van der Waals surface area (Å²) in [5, 5.41) is 10.2. The summed E-state index contributed by atoms with van der Waals surface area (Å²) in [6, 6.07) is 20.5. The molecule has 170 valence electrons. The highest BCUT2D eigenvalue weighted by Crippen LogP contribution is 2.34. The summed E-state index contributed by atoms with van der Waals surface area (Å²) in [6.45, 7) is 1.97. The molecule has 3 aromatic heterocycles. The molecule has 0 radical (unpaired) electrons. The molecule has 0 aliphatic heterocycles. The lowest BCUT2D eigenvalue weighted by Gasteiger charge is -2.12. The van der Waals surface area contributed by atoms with Crippen LogP contribution in [-0.2, 0) is 5.75 Å². The number of aromatic nitrogens is 5. The van der Waals surface area contributed by atoms with Gasteiger partial charge >= 0.3 is 0 Å². The second kappa shape index (κ2) is 9.32. The van der Waals surface area contributed by atoms with Crippen LogP contribution in [0.1, 0.15) is 11.3 Å². The van der Waals surface area contributed by atoms with Crippen molar-refractivity contribution in [2.24, 2.45) is 0 Å². The number of rotatable bonds is 6. The molecule has 0 fully saturated rings. The SMILES string of the molecule is COc1ccccc1-c1nnc(SCc2cc(=O)n3ccc(C)cc3n2)n1-c1ccc(Cl)cc1. The number of pyridine rings is 1. The zero-order chi connectivity index (χ0) is 23.7. The first-order valence-corrected chi connectivity index (χ1v) is 11.9. The van der Waals surface area contributed by atoms with E-state index >= 15 is 0 Å². The molecule has 9 heteroatoms. The molecule has 0 aliphatic rings. The van der Waals surface area contributed by atoms with Gasteiger partial charge in [-0.3, -0.25) is 13.8 Å². The van der Waals surface area contributed by atoms with Crippen LogP contribution in [0, 0.1) is 6.92 Å². The van der Waals surface area contributed by atoms with E-state index in [-0.39, 0.29) is 5.56 Å². The highest BCUT2D eigenvalue weighted by atomic mass is 35.5. The average molecular weight is 490 g/mol. The lowest BCUT2D eigenvalue weighted by atomic mass is 10.2. The number of ether oxygens (including phenoxy) is 1. The first-order valence-electron chi connectivity index (χ1n) is 10.5. The molecule has 34 heavy (non-hydrogen) atoms. The lowest BCUT2D eigenvalue weighted by molar-refractivity contribution is 0.416. The van der Waals surface area contributed by atoms with E-state index in [1.807, 2.05) is 72.2 Å². The minimum absolute atomic E-state index is 0.116. The summed E-state index contributed by atoms with van der Waals surface area (Å²) < 4.78 is 9.05. The van der Waals surface area contributed by atoms with Crippen molar-refractivity contribution in [3.8, 4) is 22.8 Å². The molecular weight excluding hydrogens is 470 g/mol. The minimum atomic E-state index is -0.116. The normalized spacial score (nSPS) is 11.1. The van der Waals surface area contributed by atoms with E-state index in [0.29, 0.717) is 38.8 Å². The number of hydrogen-bond donors (Lipinski definition) is 0. The van der Waals surface area contributed by atoms with Gasteiger partial charge in [0.15, 0.2) is 11.0 Å². The summed E-state index contributed by atoms with van der Waals surface area (Å²) in [4.78, 5) is 17.2. The van der Waals surface area contributed by atoms with Gasteiger partial charge in [-0.1, -0.05) is 35.5 Å². The van der Waals surface area contributed by atoms with Gasteiger partial charge in [0.25, 0.3) is 5.56 Å². The van der Waals surface area contributed by atoms with E-state index < -0.39 is 0 Å². The van der Waals surface area contributed by atoms with Crippen molar-refractivity contribution in [2.45, 2.75) is 17.8 Å². The fourth-order valence-corrected chi connectivity index (χ4v) is 4.63. The zero-order valence-corrected chi connectivity index (χ0v) is 20.0. The van der Waals surface area contributed by atoms with Crippen molar-refractivity contribution in [3.05, 3.63) is 99.6 Å². The van der Waals surface area contributed by atoms with Crippen molar-refractivity contribution in [3.63, 3.8) is 0 Å². The fraction of sp³-hybridized carbons (Fsp3) is 0.120. The van der Waals surface area contributed by atoms with Crippen LogP contribution in [-0.4, -0.2) is 31.3 Å². The van der Waals surface area contributed by atoms with Gasteiger partial charge in [0.2, 0.25) is 0 Å². The smallest absolute Gasteiger partial charge is 0.258 e. The Labute approximate surface area is 205 Å². The molecule has 0 bridgehead atoms. The van der Waals surface area contributed by atoms with Crippen LogP contribution < -0.4 is 10.3 Å². The second-order valence-corrected chi connectivity index (χ2v) is 9.00. The Morgan fingerprint density at radius 1 is 1.03 bits per heavy atom. The van der Waals surface area contributed by atoms with E-state index in [4.69, 9.17) is 16.3 Å². The number of benzene rings is 2. The second-order valence-electron chi connectivity index (χ2n) is 7.62. The molecule has 3 heterocycles. The molecule has 0 spiro atoms. The third-order valence-electron chi connectivity index (χ3n) is 5.29. The Morgan fingerprint density at radius 2 is 1.82 bits per heavy atom. The van der Waals surface area contributed by atoms with Crippen LogP contribution >= 0.6 is 23.4 Å². The summed E-state index contributed by atoms with van der Waals surface area (Å²) in [5.74, 6) is 1.79. The van der Waals surface area contributed by atoms with Crippen molar-refractivity contribution in [2.75, 3.05) is 7.11 Å². The topological polar surface area (TPSA) is 74.3 Å². The third kappa shape index (κ3) is 4.30. The Morgan fingerprint density at radius 3 is 2.62 bits per heavy atom. The number of para-hydroxylation sites is 1. The number of nitrogens with zero attached hydrogens (tertiary/aromatic N) is 5. The lowest BCUT2D eigenvalue weighted by Crippen LogP contribution is -2.15. The van der Waals surface area contributed by atoms with Crippen LogP contribution in [0.15, 0.2) is 82.9 Å². The van der Waals surface area contributed by atoms with Crippen molar-refractivity contribution >= 4 is 29.0 Å². The predicted molar refractivity (Wildman–Crippen MR) is 134 cm³/mol. The zero-order valence-electron chi connectivity index (χ0n) is 18.5. The highest BCUT2D eigenvalue weighted by Gasteiger charge is 2.19. The van der Waals surface area contributed by atoms with Crippen LogP contribution in [0.3, 0.4) is 0 Å². The van der Waals surface area contributed by atoms with Crippen LogP contribution in [0.2, 0.25) is 5.02 Å². The quantitative estimate of drug-likeness (QED) is 0.305.